The molecule has 0 spiro atoms. The summed E-state index contributed by atoms with van der Waals surface area (Å²) in [5.41, 5.74) is 2.38. The van der Waals surface area contributed by atoms with E-state index in [1.807, 2.05) is 59.5 Å². The summed E-state index contributed by atoms with van der Waals surface area (Å²) in [7, 11) is 0. The number of aromatic nitrogens is 3. The highest BCUT2D eigenvalue weighted by molar-refractivity contribution is 5.89. The lowest BCUT2D eigenvalue weighted by molar-refractivity contribution is -0.145. The van der Waals surface area contributed by atoms with Crippen molar-refractivity contribution in [3.63, 3.8) is 0 Å². The Morgan fingerprint density at radius 1 is 1.00 bits per heavy atom. The highest BCUT2D eigenvalue weighted by Gasteiger charge is 2.37. The van der Waals surface area contributed by atoms with Gasteiger partial charge in [0.15, 0.2) is 0 Å². The molecular weight excluding hydrogens is 442 g/mol. The van der Waals surface area contributed by atoms with E-state index in [-0.39, 0.29) is 30.5 Å². The molecule has 8 heteroatoms. The summed E-state index contributed by atoms with van der Waals surface area (Å²) in [6.07, 6.45) is 7.06. The van der Waals surface area contributed by atoms with Crippen LogP contribution in [0, 0.1) is 0 Å². The number of carbonyl (C=O) groups is 2. The van der Waals surface area contributed by atoms with Crippen molar-refractivity contribution >= 4 is 22.8 Å². The lowest BCUT2D eigenvalue weighted by Gasteiger charge is -2.39. The third-order valence-electron chi connectivity index (χ3n) is 7.13. The van der Waals surface area contributed by atoms with Crippen LogP contribution in [0.5, 0.6) is 0 Å². The van der Waals surface area contributed by atoms with Crippen LogP contribution in [0.4, 0.5) is 0 Å². The predicted molar refractivity (Wildman–Crippen MR) is 132 cm³/mol. The van der Waals surface area contributed by atoms with Crippen LogP contribution in [-0.4, -0.2) is 57.0 Å². The number of rotatable bonds is 8. The van der Waals surface area contributed by atoms with Gasteiger partial charge in [-0.15, -0.1) is 5.10 Å². The van der Waals surface area contributed by atoms with Crippen molar-refractivity contribution in [2.24, 2.45) is 0 Å². The molecule has 1 aliphatic heterocycles. The first-order valence-corrected chi connectivity index (χ1v) is 12.7. The van der Waals surface area contributed by atoms with Crippen molar-refractivity contribution in [1.29, 1.82) is 0 Å². The number of hydrogen-bond acceptors (Lipinski definition) is 5. The maximum Gasteiger partial charge on any atom is 0.247 e. The largest absolute Gasteiger partial charge is 0.376 e. The fourth-order valence-corrected chi connectivity index (χ4v) is 5.35. The third-order valence-corrected chi connectivity index (χ3v) is 7.13. The fraction of sp³-hybridized carbons (Fsp3) is 0.481. The molecule has 1 saturated carbocycles. The van der Waals surface area contributed by atoms with E-state index < -0.39 is 6.04 Å². The SMILES string of the molecule is O=C(NC[C@@H]1CCCO1)[C@@H](c1ccccc1)N(C(=O)Cn1nnc2ccccc21)C1CCCCC1. The van der Waals surface area contributed by atoms with Crippen LogP contribution in [0.1, 0.15) is 56.6 Å². The van der Waals surface area contributed by atoms with Gasteiger partial charge in [-0.25, -0.2) is 4.68 Å². The van der Waals surface area contributed by atoms with Gasteiger partial charge in [-0.05, 0) is 43.4 Å². The van der Waals surface area contributed by atoms with Crippen molar-refractivity contribution in [2.75, 3.05) is 13.2 Å². The number of para-hydroxylation sites is 1. The summed E-state index contributed by atoms with van der Waals surface area (Å²) >= 11 is 0. The number of carbonyl (C=O) groups excluding carboxylic acids is 2. The monoisotopic (exact) mass is 475 g/mol. The van der Waals surface area contributed by atoms with Gasteiger partial charge in [0.05, 0.1) is 11.6 Å². The zero-order valence-electron chi connectivity index (χ0n) is 20.0. The van der Waals surface area contributed by atoms with E-state index in [4.69, 9.17) is 4.74 Å². The zero-order chi connectivity index (χ0) is 24.0. The molecule has 1 aliphatic carbocycles. The molecule has 0 radical (unpaired) electrons. The molecule has 35 heavy (non-hydrogen) atoms. The Morgan fingerprint density at radius 2 is 1.77 bits per heavy atom. The molecule has 1 saturated heterocycles. The molecule has 1 aromatic heterocycles. The average molecular weight is 476 g/mol. The number of hydrogen-bond donors (Lipinski definition) is 1. The Labute approximate surface area is 205 Å². The summed E-state index contributed by atoms with van der Waals surface area (Å²) < 4.78 is 7.35. The van der Waals surface area contributed by atoms with E-state index in [1.54, 1.807) is 4.68 Å². The summed E-state index contributed by atoms with van der Waals surface area (Å²) in [5.74, 6) is -0.275. The average Bonchev–Trinajstić information content (AvgIpc) is 3.57. The van der Waals surface area contributed by atoms with Crippen molar-refractivity contribution in [1.82, 2.24) is 25.2 Å². The Kier molecular flexibility index (Phi) is 7.37. The molecule has 2 aliphatic rings. The van der Waals surface area contributed by atoms with E-state index in [2.05, 4.69) is 15.6 Å². The predicted octanol–water partition coefficient (Wildman–Crippen LogP) is 3.63. The second kappa shape index (κ2) is 11.0. The number of benzene rings is 2. The van der Waals surface area contributed by atoms with Gasteiger partial charge >= 0.3 is 0 Å². The number of amides is 2. The Balaban J connectivity index is 1.45. The molecule has 184 valence electrons. The van der Waals surface area contributed by atoms with Gasteiger partial charge in [0.2, 0.25) is 11.8 Å². The Bertz CT molecular complexity index is 1140. The molecule has 2 fully saturated rings. The first-order valence-electron chi connectivity index (χ1n) is 12.7. The van der Waals surface area contributed by atoms with Crippen LogP contribution >= 0.6 is 0 Å². The van der Waals surface area contributed by atoms with Gasteiger partial charge in [-0.3, -0.25) is 9.59 Å². The van der Waals surface area contributed by atoms with Gasteiger partial charge < -0.3 is 15.0 Å². The van der Waals surface area contributed by atoms with Gasteiger partial charge in [0, 0.05) is 19.2 Å². The molecular formula is C27H33N5O3. The van der Waals surface area contributed by atoms with Crippen LogP contribution in [0.3, 0.4) is 0 Å². The van der Waals surface area contributed by atoms with E-state index in [0.29, 0.717) is 6.54 Å². The minimum atomic E-state index is -0.706. The van der Waals surface area contributed by atoms with Crippen molar-refractivity contribution in [2.45, 2.75) is 69.7 Å². The molecule has 2 aromatic carbocycles. The van der Waals surface area contributed by atoms with Gasteiger partial charge in [0.1, 0.15) is 18.1 Å². The van der Waals surface area contributed by atoms with Crippen molar-refractivity contribution in [3.8, 4) is 0 Å². The minimum Gasteiger partial charge on any atom is -0.376 e. The third kappa shape index (κ3) is 5.37. The number of fused-ring (bicyclic) bond motifs is 1. The first kappa shape index (κ1) is 23.5. The second-order valence-electron chi connectivity index (χ2n) is 9.52. The summed E-state index contributed by atoms with van der Waals surface area (Å²) in [6.45, 7) is 1.24. The molecule has 8 nitrogen and oxygen atoms in total. The molecule has 5 rings (SSSR count). The molecule has 2 amide bonds. The zero-order valence-corrected chi connectivity index (χ0v) is 20.0. The minimum absolute atomic E-state index is 0.00437. The van der Waals surface area contributed by atoms with Gasteiger partial charge in [0.25, 0.3) is 0 Å². The molecule has 0 bridgehead atoms. The lowest BCUT2D eigenvalue weighted by atomic mass is 9.91. The maximum absolute atomic E-state index is 14.0. The van der Waals surface area contributed by atoms with Crippen LogP contribution in [0.25, 0.3) is 11.0 Å². The highest BCUT2D eigenvalue weighted by Crippen LogP contribution is 2.31. The fourth-order valence-electron chi connectivity index (χ4n) is 5.35. The quantitative estimate of drug-likeness (QED) is 0.537. The number of nitrogens with one attached hydrogen (secondary N) is 1. The smallest absolute Gasteiger partial charge is 0.247 e. The summed E-state index contributed by atoms with van der Waals surface area (Å²) in [6, 6.07) is 16.6. The molecule has 0 unspecified atom stereocenters. The topological polar surface area (TPSA) is 89.4 Å². The van der Waals surface area contributed by atoms with Crippen LogP contribution in [-0.2, 0) is 20.9 Å². The maximum atomic E-state index is 14.0. The normalized spacial score (nSPS) is 19.5. The summed E-state index contributed by atoms with van der Waals surface area (Å²) in [5, 5.41) is 11.5. The molecule has 1 N–H and O–H groups in total. The second-order valence-corrected chi connectivity index (χ2v) is 9.52. The van der Waals surface area contributed by atoms with E-state index >= 15 is 0 Å². The Hall–Kier alpha value is -3.26. The van der Waals surface area contributed by atoms with Crippen LogP contribution in [0.2, 0.25) is 0 Å². The van der Waals surface area contributed by atoms with E-state index in [9.17, 15) is 9.59 Å². The van der Waals surface area contributed by atoms with Gasteiger partial charge in [-0.2, -0.15) is 0 Å². The van der Waals surface area contributed by atoms with Crippen molar-refractivity contribution in [3.05, 3.63) is 60.2 Å². The summed E-state index contributed by atoms with van der Waals surface area (Å²) in [4.78, 5) is 29.5. The molecule has 2 heterocycles. The van der Waals surface area contributed by atoms with Crippen LogP contribution in [0.15, 0.2) is 54.6 Å². The number of nitrogens with zero attached hydrogens (tertiary/aromatic N) is 4. The van der Waals surface area contributed by atoms with E-state index in [1.165, 1.54) is 0 Å². The first-order chi connectivity index (χ1) is 17.2. The van der Waals surface area contributed by atoms with Gasteiger partial charge in [-0.1, -0.05) is 66.9 Å². The standard InChI is InChI=1S/C27H33N5O3/c33-25(19-31-24-16-8-7-15-23(24)29-30-31)32(21-12-5-2-6-13-21)26(20-10-3-1-4-11-20)27(34)28-18-22-14-9-17-35-22/h1,3-4,7-8,10-11,15-16,21-22,26H,2,5-6,9,12-14,17-19H2,(H,28,34)/t22-,26+/m0/s1. The lowest BCUT2D eigenvalue weighted by Crippen LogP contribution is -2.51. The van der Waals surface area contributed by atoms with Crippen molar-refractivity contribution < 1.29 is 14.3 Å². The molecule has 2 atom stereocenters. The Morgan fingerprint density at radius 3 is 2.54 bits per heavy atom. The highest BCUT2D eigenvalue weighted by atomic mass is 16.5. The number of ether oxygens (including phenoxy) is 1. The van der Waals surface area contributed by atoms with Crippen LogP contribution < -0.4 is 5.32 Å². The van der Waals surface area contributed by atoms with E-state index in [0.717, 1.165) is 68.1 Å². The molecule has 3 aromatic rings.